The molecule has 0 saturated heterocycles. The summed E-state index contributed by atoms with van der Waals surface area (Å²) in [7, 11) is 0. The van der Waals surface area contributed by atoms with Gasteiger partial charge >= 0.3 is 12.1 Å². The topological polar surface area (TPSA) is 26.3 Å². The molecule has 0 spiro atoms. The molecule has 0 aromatic heterocycles. The lowest BCUT2D eigenvalue weighted by atomic mass is 10.2. The summed E-state index contributed by atoms with van der Waals surface area (Å²) in [5.41, 5.74) is -1.57. The molecule has 0 radical (unpaired) electrons. The standard InChI is InChI=1S/C9HF7O2/c10-3-2(1-17)7(18-9(16)8(14)15)6(13)5(12)4(3)11/h1H. The monoisotopic (exact) mass is 274 g/mol. The second-order valence-corrected chi connectivity index (χ2v) is 2.75. The minimum Gasteiger partial charge on any atom is -0.424 e. The van der Waals surface area contributed by atoms with Gasteiger partial charge in [0.05, 0.1) is 5.56 Å². The third-order valence-electron chi connectivity index (χ3n) is 1.72. The summed E-state index contributed by atoms with van der Waals surface area (Å²) in [6, 6.07) is -2.68. The fourth-order valence-corrected chi connectivity index (χ4v) is 0.962. The molecular formula is C9HF7O2. The van der Waals surface area contributed by atoms with Crippen LogP contribution in [0.3, 0.4) is 0 Å². The second kappa shape index (κ2) is 5.07. The Morgan fingerprint density at radius 1 is 0.889 bits per heavy atom. The number of ether oxygens (including phenoxy) is 1. The van der Waals surface area contributed by atoms with Crippen LogP contribution < -0.4 is 4.74 Å². The van der Waals surface area contributed by atoms with Crippen molar-refractivity contribution < 1.29 is 40.3 Å². The van der Waals surface area contributed by atoms with E-state index in [0.717, 1.165) is 0 Å². The molecule has 0 aliphatic carbocycles. The van der Waals surface area contributed by atoms with E-state index in [4.69, 9.17) is 0 Å². The van der Waals surface area contributed by atoms with Gasteiger partial charge in [0.1, 0.15) is 0 Å². The highest BCUT2D eigenvalue weighted by molar-refractivity contribution is 5.80. The van der Waals surface area contributed by atoms with Crippen LogP contribution in [0, 0.1) is 23.3 Å². The Morgan fingerprint density at radius 2 is 1.39 bits per heavy atom. The minimum absolute atomic E-state index is 0.542. The molecule has 1 rings (SSSR count). The van der Waals surface area contributed by atoms with Crippen molar-refractivity contribution in [3.8, 4) is 5.75 Å². The number of hydrogen-bond acceptors (Lipinski definition) is 2. The van der Waals surface area contributed by atoms with Gasteiger partial charge < -0.3 is 4.74 Å². The SMILES string of the molecule is O=Cc1c(F)c(F)c(F)c(F)c1OC(F)=C(F)F. The second-order valence-electron chi connectivity index (χ2n) is 2.75. The highest BCUT2D eigenvalue weighted by Crippen LogP contribution is 2.31. The van der Waals surface area contributed by atoms with Crippen molar-refractivity contribution in [3.63, 3.8) is 0 Å². The molecule has 2 nitrogen and oxygen atoms in total. The Balaban J connectivity index is 3.53. The summed E-state index contributed by atoms with van der Waals surface area (Å²) >= 11 is 0. The highest BCUT2D eigenvalue weighted by Gasteiger charge is 2.28. The molecule has 0 atom stereocenters. The van der Waals surface area contributed by atoms with Gasteiger partial charge in [-0.25, -0.2) is 13.2 Å². The first kappa shape index (κ1) is 14.0. The fourth-order valence-electron chi connectivity index (χ4n) is 0.962. The largest absolute Gasteiger partial charge is 0.424 e. The van der Waals surface area contributed by atoms with Crippen LogP contribution in [0.2, 0.25) is 0 Å². The number of halogens is 7. The quantitative estimate of drug-likeness (QED) is 0.277. The molecule has 1 aromatic rings. The molecule has 0 fully saturated rings. The van der Waals surface area contributed by atoms with Crippen LogP contribution in [0.15, 0.2) is 12.1 Å². The number of carbonyl (C=O) groups excluding carboxylic acids is 1. The smallest absolute Gasteiger partial charge is 0.344 e. The van der Waals surface area contributed by atoms with Crippen LogP contribution in [-0.2, 0) is 0 Å². The van der Waals surface area contributed by atoms with Gasteiger partial charge in [-0.2, -0.15) is 17.6 Å². The molecule has 0 bridgehead atoms. The van der Waals surface area contributed by atoms with Gasteiger partial charge in [0.25, 0.3) is 0 Å². The normalized spacial score (nSPS) is 10.2. The molecule has 0 unspecified atom stereocenters. The summed E-state index contributed by atoms with van der Waals surface area (Å²) in [4.78, 5) is 10.3. The molecule has 0 aliphatic rings. The van der Waals surface area contributed by atoms with Gasteiger partial charge in [0, 0.05) is 0 Å². The zero-order chi connectivity index (χ0) is 14.0. The van der Waals surface area contributed by atoms with Crippen LogP contribution in [0.1, 0.15) is 10.4 Å². The van der Waals surface area contributed by atoms with E-state index in [2.05, 4.69) is 4.74 Å². The maximum atomic E-state index is 13.0. The maximum absolute atomic E-state index is 13.0. The van der Waals surface area contributed by atoms with Crippen molar-refractivity contribution >= 4 is 6.29 Å². The van der Waals surface area contributed by atoms with Crippen LogP contribution >= 0.6 is 0 Å². The number of rotatable bonds is 3. The summed E-state index contributed by atoms with van der Waals surface area (Å²) in [6.45, 7) is 0. The van der Waals surface area contributed by atoms with Crippen LogP contribution in [0.4, 0.5) is 30.7 Å². The lowest BCUT2D eigenvalue weighted by Gasteiger charge is -2.08. The van der Waals surface area contributed by atoms with Gasteiger partial charge in [-0.1, -0.05) is 0 Å². The average Bonchev–Trinajstić information content (AvgIpc) is 2.33. The lowest BCUT2D eigenvalue weighted by Crippen LogP contribution is -2.07. The van der Waals surface area contributed by atoms with Crippen LogP contribution in [-0.4, -0.2) is 6.29 Å². The molecule has 0 heterocycles. The molecule has 0 amide bonds. The Morgan fingerprint density at radius 3 is 1.83 bits per heavy atom. The Hall–Kier alpha value is -2.06. The predicted molar refractivity (Wildman–Crippen MR) is 42.6 cm³/mol. The van der Waals surface area contributed by atoms with E-state index in [1.807, 2.05) is 0 Å². The first-order valence-electron chi connectivity index (χ1n) is 4.01. The average molecular weight is 274 g/mol. The van der Waals surface area contributed by atoms with E-state index < -0.39 is 53.0 Å². The van der Waals surface area contributed by atoms with Gasteiger partial charge in [-0.15, -0.1) is 0 Å². The van der Waals surface area contributed by atoms with E-state index >= 15 is 0 Å². The molecule has 98 valence electrons. The Bertz CT molecular complexity index is 534. The first-order valence-corrected chi connectivity index (χ1v) is 4.01. The van der Waals surface area contributed by atoms with E-state index in [1.54, 1.807) is 0 Å². The minimum atomic E-state index is -3.06. The maximum Gasteiger partial charge on any atom is 0.344 e. The summed E-state index contributed by atoms with van der Waals surface area (Å²) in [5.74, 6) is -11.1. The molecular weight excluding hydrogens is 273 g/mol. The van der Waals surface area contributed by atoms with E-state index in [1.165, 1.54) is 0 Å². The van der Waals surface area contributed by atoms with Crippen molar-refractivity contribution in [1.82, 2.24) is 0 Å². The molecule has 0 saturated carbocycles. The first-order chi connectivity index (χ1) is 8.31. The van der Waals surface area contributed by atoms with E-state index in [0.29, 0.717) is 0 Å². The van der Waals surface area contributed by atoms with Gasteiger partial charge in [-0.3, -0.25) is 4.79 Å². The van der Waals surface area contributed by atoms with Crippen molar-refractivity contribution in [1.29, 1.82) is 0 Å². The van der Waals surface area contributed by atoms with Gasteiger partial charge in [0.2, 0.25) is 11.6 Å². The molecule has 0 N–H and O–H groups in total. The summed E-state index contributed by atoms with van der Waals surface area (Å²) in [5, 5.41) is 0. The van der Waals surface area contributed by atoms with Crippen molar-refractivity contribution in [2.24, 2.45) is 0 Å². The lowest BCUT2D eigenvalue weighted by molar-refractivity contribution is 0.111. The van der Waals surface area contributed by atoms with E-state index in [-0.39, 0.29) is 0 Å². The van der Waals surface area contributed by atoms with Gasteiger partial charge in [-0.05, 0) is 0 Å². The van der Waals surface area contributed by atoms with E-state index in [9.17, 15) is 35.5 Å². The number of carbonyl (C=O) groups is 1. The van der Waals surface area contributed by atoms with Crippen molar-refractivity contribution in [2.75, 3.05) is 0 Å². The highest BCUT2D eigenvalue weighted by atomic mass is 19.3. The summed E-state index contributed by atoms with van der Waals surface area (Å²) in [6.07, 6.45) is -3.60. The molecule has 18 heavy (non-hydrogen) atoms. The predicted octanol–water partition coefficient (Wildman–Crippen LogP) is 3.47. The van der Waals surface area contributed by atoms with Gasteiger partial charge in [0.15, 0.2) is 23.7 Å². The molecule has 9 heteroatoms. The Kier molecular flexibility index (Phi) is 3.94. The zero-order valence-electron chi connectivity index (χ0n) is 8.04. The molecule has 1 aromatic carbocycles. The Labute approximate surface area is 94.3 Å². The zero-order valence-corrected chi connectivity index (χ0v) is 8.04. The molecule has 0 aliphatic heterocycles. The third-order valence-corrected chi connectivity index (χ3v) is 1.72. The fraction of sp³-hybridized carbons (Fsp3) is 0. The third kappa shape index (κ3) is 2.29. The number of aldehydes is 1. The van der Waals surface area contributed by atoms with Crippen LogP contribution in [0.5, 0.6) is 5.75 Å². The summed E-state index contributed by atoms with van der Waals surface area (Å²) < 4.78 is 90.5. The number of hydrogen-bond donors (Lipinski definition) is 0. The van der Waals surface area contributed by atoms with Crippen LogP contribution in [0.25, 0.3) is 0 Å². The van der Waals surface area contributed by atoms with Crippen molar-refractivity contribution in [3.05, 3.63) is 40.9 Å². The number of benzene rings is 1. The van der Waals surface area contributed by atoms with Crippen molar-refractivity contribution in [2.45, 2.75) is 0 Å².